The van der Waals surface area contributed by atoms with Crippen LogP contribution in [-0.2, 0) is 6.61 Å². The molecule has 0 fully saturated rings. The number of fused-ring (bicyclic) bond motifs is 1. The molecule has 2 aromatic carbocycles. The molecule has 0 radical (unpaired) electrons. The van der Waals surface area contributed by atoms with Crippen molar-refractivity contribution in [3.63, 3.8) is 0 Å². The number of methoxy groups -OCH3 is 1. The van der Waals surface area contributed by atoms with Gasteiger partial charge in [0, 0.05) is 5.69 Å². The zero-order valence-corrected chi connectivity index (χ0v) is 11.8. The number of hydrogen-bond acceptors (Lipinski definition) is 5. The Labute approximate surface area is 120 Å². The van der Waals surface area contributed by atoms with E-state index in [0.717, 1.165) is 32.4 Å². The topological polar surface area (TPSA) is 57.4 Å². The van der Waals surface area contributed by atoms with Crippen LogP contribution in [0.1, 0.15) is 5.01 Å². The molecule has 4 nitrogen and oxygen atoms in total. The summed E-state index contributed by atoms with van der Waals surface area (Å²) in [6, 6.07) is 13.2. The van der Waals surface area contributed by atoms with Gasteiger partial charge in [-0.1, -0.05) is 0 Å². The Balaban J connectivity index is 1.75. The minimum Gasteiger partial charge on any atom is -0.497 e. The zero-order chi connectivity index (χ0) is 13.9. The van der Waals surface area contributed by atoms with Crippen molar-refractivity contribution in [1.82, 2.24) is 4.98 Å². The Hall–Kier alpha value is -2.27. The van der Waals surface area contributed by atoms with Gasteiger partial charge in [-0.2, -0.15) is 0 Å². The van der Waals surface area contributed by atoms with E-state index in [0.29, 0.717) is 6.61 Å². The molecule has 20 heavy (non-hydrogen) atoms. The van der Waals surface area contributed by atoms with Gasteiger partial charge in [-0.3, -0.25) is 0 Å². The van der Waals surface area contributed by atoms with Crippen LogP contribution in [0.3, 0.4) is 0 Å². The molecule has 1 heterocycles. The molecule has 0 unspecified atom stereocenters. The molecule has 0 bridgehead atoms. The van der Waals surface area contributed by atoms with Gasteiger partial charge in [0.05, 0.1) is 17.3 Å². The molecule has 0 saturated heterocycles. The second-order valence-corrected chi connectivity index (χ2v) is 5.41. The van der Waals surface area contributed by atoms with Gasteiger partial charge in [-0.15, -0.1) is 11.3 Å². The number of ether oxygens (including phenoxy) is 2. The number of nitrogens with zero attached hydrogens (tertiary/aromatic N) is 1. The molecule has 0 saturated carbocycles. The summed E-state index contributed by atoms with van der Waals surface area (Å²) in [7, 11) is 1.66. The molecule has 0 aliphatic rings. The molecule has 0 spiro atoms. The fourth-order valence-corrected chi connectivity index (χ4v) is 2.76. The predicted octanol–water partition coefficient (Wildman–Crippen LogP) is 3.47. The average Bonchev–Trinajstić information content (AvgIpc) is 2.88. The van der Waals surface area contributed by atoms with Crippen molar-refractivity contribution < 1.29 is 9.47 Å². The van der Waals surface area contributed by atoms with Crippen LogP contribution in [0.25, 0.3) is 10.2 Å². The van der Waals surface area contributed by atoms with Crippen molar-refractivity contribution in [2.75, 3.05) is 12.8 Å². The molecule has 2 N–H and O–H groups in total. The number of thiazole rings is 1. The lowest BCUT2D eigenvalue weighted by atomic mass is 10.3. The Kier molecular flexibility index (Phi) is 3.43. The maximum atomic E-state index is 5.69. The molecule has 3 rings (SSSR count). The number of benzene rings is 2. The molecule has 0 aliphatic carbocycles. The Morgan fingerprint density at radius 2 is 1.85 bits per heavy atom. The van der Waals surface area contributed by atoms with E-state index < -0.39 is 0 Å². The molecule has 102 valence electrons. The first-order valence-corrected chi connectivity index (χ1v) is 6.98. The molecule has 0 atom stereocenters. The van der Waals surface area contributed by atoms with Crippen molar-refractivity contribution in [3.05, 3.63) is 47.5 Å². The first-order chi connectivity index (χ1) is 9.74. The summed E-state index contributed by atoms with van der Waals surface area (Å²) < 4.78 is 12.0. The zero-order valence-electron chi connectivity index (χ0n) is 11.0. The van der Waals surface area contributed by atoms with Gasteiger partial charge in [0.15, 0.2) is 0 Å². The standard InChI is InChI=1S/C15H14N2O2S/c1-18-12-6-7-13-14(8-12)20-15(17-13)9-19-11-4-2-10(16)3-5-11/h2-8H,9,16H2,1H3. The van der Waals surface area contributed by atoms with Crippen LogP contribution in [-0.4, -0.2) is 12.1 Å². The largest absolute Gasteiger partial charge is 0.497 e. The van der Waals surface area contributed by atoms with Crippen LogP contribution >= 0.6 is 11.3 Å². The Bertz CT molecular complexity index is 722. The summed E-state index contributed by atoms with van der Waals surface area (Å²) in [5.74, 6) is 1.63. The summed E-state index contributed by atoms with van der Waals surface area (Å²) in [6.45, 7) is 0.450. The van der Waals surface area contributed by atoms with E-state index in [9.17, 15) is 0 Å². The third-order valence-electron chi connectivity index (χ3n) is 2.88. The van der Waals surface area contributed by atoms with Crippen molar-refractivity contribution in [2.45, 2.75) is 6.61 Å². The minimum atomic E-state index is 0.450. The summed E-state index contributed by atoms with van der Waals surface area (Å²) in [6.07, 6.45) is 0. The number of nitrogen functional groups attached to an aromatic ring is 1. The monoisotopic (exact) mass is 286 g/mol. The third-order valence-corrected chi connectivity index (χ3v) is 3.87. The lowest BCUT2D eigenvalue weighted by Gasteiger charge is -2.03. The SMILES string of the molecule is COc1ccc2nc(COc3ccc(N)cc3)sc2c1. The maximum absolute atomic E-state index is 5.69. The minimum absolute atomic E-state index is 0.450. The van der Waals surface area contributed by atoms with Crippen LogP contribution in [0, 0.1) is 0 Å². The smallest absolute Gasteiger partial charge is 0.140 e. The number of aromatic nitrogens is 1. The first-order valence-electron chi connectivity index (χ1n) is 6.16. The van der Waals surface area contributed by atoms with E-state index in [4.69, 9.17) is 15.2 Å². The highest BCUT2D eigenvalue weighted by atomic mass is 32.1. The molecule has 5 heteroatoms. The number of nitrogens with two attached hydrogens (primary N) is 1. The van der Waals surface area contributed by atoms with Crippen LogP contribution in [0.5, 0.6) is 11.5 Å². The van der Waals surface area contributed by atoms with Gasteiger partial charge in [0.1, 0.15) is 23.1 Å². The van der Waals surface area contributed by atoms with Gasteiger partial charge in [0.2, 0.25) is 0 Å². The molecular weight excluding hydrogens is 272 g/mol. The molecule has 3 aromatic rings. The normalized spacial score (nSPS) is 10.7. The lowest BCUT2D eigenvalue weighted by Crippen LogP contribution is -1.94. The van der Waals surface area contributed by atoms with Crippen molar-refractivity contribution >= 4 is 27.2 Å². The van der Waals surface area contributed by atoms with E-state index in [1.54, 1.807) is 18.4 Å². The van der Waals surface area contributed by atoms with E-state index in [-0.39, 0.29) is 0 Å². The van der Waals surface area contributed by atoms with E-state index in [1.165, 1.54) is 0 Å². The molecule has 0 amide bonds. The van der Waals surface area contributed by atoms with Gasteiger partial charge >= 0.3 is 0 Å². The van der Waals surface area contributed by atoms with Crippen LogP contribution < -0.4 is 15.2 Å². The van der Waals surface area contributed by atoms with E-state index in [1.807, 2.05) is 42.5 Å². The number of hydrogen-bond donors (Lipinski definition) is 1. The second-order valence-electron chi connectivity index (χ2n) is 4.30. The Morgan fingerprint density at radius 3 is 2.60 bits per heavy atom. The summed E-state index contributed by atoms with van der Waals surface area (Å²) in [4.78, 5) is 4.53. The van der Waals surface area contributed by atoms with Gasteiger partial charge in [-0.25, -0.2) is 4.98 Å². The van der Waals surface area contributed by atoms with Crippen molar-refractivity contribution in [1.29, 1.82) is 0 Å². The molecule has 0 aliphatic heterocycles. The predicted molar refractivity (Wildman–Crippen MR) is 81.4 cm³/mol. The number of anilines is 1. The maximum Gasteiger partial charge on any atom is 0.140 e. The highest BCUT2D eigenvalue weighted by Gasteiger charge is 2.06. The van der Waals surface area contributed by atoms with Crippen molar-refractivity contribution in [3.8, 4) is 11.5 Å². The third kappa shape index (κ3) is 2.67. The van der Waals surface area contributed by atoms with Gasteiger partial charge in [-0.05, 0) is 42.5 Å². The van der Waals surface area contributed by atoms with Crippen molar-refractivity contribution in [2.24, 2.45) is 0 Å². The first kappa shape index (κ1) is 12.7. The van der Waals surface area contributed by atoms with E-state index in [2.05, 4.69) is 4.98 Å². The lowest BCUT2D eigenvalue weighted by molar-refractivity contribution is 0.306. The van der Waals surface area contributed by atoms with Crippen LogP contribution in [0.4, 0.5) is 5.69 Å². The van der Waals surface area contributed by atoms with Gasteiger partial charge in [0.25, 0.3) is 0 Å². The number of rotatable bonds is 4. The van der Waals surface area contributed by atoms with Gasteiger partial charge < -0.3 is 15.2 Å². The summed E-state index contributed by atoms with van der Waals surface area (Å²) >= 11 is 1.61. The second kappa shape index (κ2) is 5.38. The van der Waals surface area contributed by atoms with Crippen LogP contribution in [0.2, 0.25) is 0 Å². The summed E-state index contributed by atoms with van der Waals surface area (Å²) in [5, 5.41) is 0.935. The quantitative estimate of drug-likeness (QED) is 0.746. The fraction of sp³-hybridized carbons (Fsp3) is 0.133. The van der Waals surface area contributed by atoms with Crippen LogP contribution in [0.15, 0.2) is 42.5 Å². The Morgan fingerprint density at radius 1 is 1.10 bits per heavy atom. The average molecular weight is 286 g/mol. The fourth-order valence-electron chi connectivity index (χ4n) is 1.85. The highest BCUT2D eigenvalue weighted by Crippen LogP contribution is 2.27. The van der Waals surface area contributed by atoms with E-state index >= 15 is 0 Å². The molecular formula is C15H14N2O2S. The highest BCUT2D eigenvalue weighted by molar-refractivity contribution is 7.18. The summed E-state index contributed by atoms with van der Waals surface area (Å²) in [5.41, 5.74) is 7.33. The molecule has 1 aromatic heterocycles.